The predicted octanol–water partition coefficient (Wildman–Crippen LogP) is 3.06. The summed E-state index contributed by atoms with van der Waals surface area (Å²) >= 11 is 0. The zero-order chi connectivity index (χ0) is 11.6. The molecule has 0 amide bonds. The van der Waals surface area contributed by atoms with Gasteiger partial charge < -0.3 is 9.84 Å². The first-order valence-electron chi connectivity index (χ1n) is 5.35. The van der Waals surface area contributed by atoms with Crippen molar-refractivity contribution in [1.29, 1.82) is 0 Å². The van der Waals surface area contributed by atoms with E-state index in [1.54, 1.807) is 7.11 Å². The summed E-state index contributed by atoms with van der Waals surface area (Å²) in [7, 11) is 1.68. The van der Waals surface area contributed by atoms with Gasteiger partial charge in [-0.3, -0.25) is 0 Å². The van der Waals surface area contributed by atoms with Crippen LogP contribution >= 0.6 is 0 Å². The van der Waals surface area contributed by atoms with E-state index in [0.717, 1.165) is 34.4 Å². The Morgan fingerprint density at radius 1 is 1.27 bits per heavy atom. The molecular weight excluding hydrogens is 188 g/mol. The van der Waals surface area contributed by atoms with E-state index in [-0.39, 0.29) is 6.10 Å². The number of ether oxygens (including phenoxy) is 1. The largest absolute Gasteiger partial charge is 0.496 e. The minimum Gasteiger partial charge on any atom is -0.496 e. The highest BCUT2D eigenvalue weighted by molar-refractivity contribution is 5.48. The molecule has 0 radical (unpaired) electrons. The second-order valence-corrected chi connectivity index (χ2v) is 3.98. The van der Waals surface area contributed by atoms with E-state index >= 15 is 0 Å². The maximum absolute atomic E-state index is 9.94. The molecule has 0 aliphatic carbocycles. The second kappa shape index (κ2) is 4.67. The molecule has 0 aliphatic rings. The molecule has 84 valence electrons. The summed E-state index contributed by atoms with van der Waals surface area (Å²) in [5.41, 5.74) is 4.41. The van der Waals surface area contributed by atoms with Gasteiger partial charge in [0, 0.05) is 0 Å². The van der Waals surface area contributed by atoms with Crippen LogP contribution in [0.15, 0.2) is 6.07 Å². The minimum absolute atomic E-state index is 0.366. The summed E-state index contributed by atoms with van der Waals surface area (Å²) in [6.45, 7) is 8.07. The summed E-state index contributed by atoms with van der Waals surface area (Å²) in [6, 6.07) is 2.00. The van der Waals surface area contributed by atoms with Gasteiger partial charge in [0.05, 0.1) is 13.2 Å². The number of hydrogen-bond acceptors (Lipinski definition) is 2. The molecule has 1 aromatic rings. The number of methoxy groups -OCH3 is 1. The van der Waals surface area contributed by atoms with Crippen LogP contribution in [0.4, 0.5) is 0 Å². The molecule has 1 rings (SSSR count). The van der Waals surface area contributed by atoms with E-state index in [1.165, 1.54) is 0 Å². The molecule has 2 heteroatoms. The molecule has 0 saturated heterocycles. The van der Waals surface area contributed by atoms with Gasteiger partial charge in [0.25, 0.3) is 0 Å². The van der Waals surface area contributed by atoms with E-state index in [4.69, 9.17) is 4.74 Å². The maximum Gasteiger partial charge on any atom is 0.122 e. The summed E-state index contributed by atoms with van der Waals surface area (Å²) in [6.07, 6.45) is 0.377. The molecule has 0 aliphatic heterocycles. The van der Waals surface area contributed by atoms with E-state index in [1.807, 2.05) is 33.8 Å². The zero-order valence-electron chi connectivity index (χ0n) is 10.2. The normalized spacial score (nSPS) is 12.7. The smallest absolute Gasteiger partial charge is 0.122 e. The highest BCUT2D eigenvalue weighted by Gasteiger charge is 2.15. The molecule has 0 heterocycles. The van der Waals surface area contributed by atoms with Crippen molar-refractivity contribution in [3.63, 3.8) is 0 Å². The van der Waals surface area contributed by atoms with Gasteiger partial charge in [-0.2, -0.15) is 0 Å². The standard InChI is InChI=1S/C13H20O2/c1-6-11(14)13-8(2)7-12(15-5)9(3)10(13)4/h7,11,14H,6H2,1-5H3. The Balaban J connectivity index is 3.35. The highest BCUT2D eigenvalue weighted by Crippen LogP contribution is 2.32. The van der Waals surface area contributed by atoms with Gasteiger partial charge in [-0.1, -0.05) is 6.92 Å². The summed E-state index contributed by atoms with van der Waals surface area (Å²) < 4.78 is 5.29. The van der Waals surface area contributed by atoms with Crippen LogP contribution in [-0.2, 0) is 0 Å². The van der Waals surface area contributed by atoms with Crippen LogP contribution in [0.25, 0.3) is 0 Å². The quantitative estimate of drug-likeness (QED) is 0.827. The Bertz CT molecular complexity index is 356. The summed E-state index contributed by atoms with van der Waals surface area (Å²) in [5.74, 6) is 0.900. The molecule has 0 bridgehead atoms. The zero-order valence-corrected chi connectivity index (χ0v) is 10.2. The molecule has 0 aromatic heterocycles. The Hall–Kier alpha value is -1.02. The third-order valence-electron chi connectivity index (χ3n) is 3.05. The van der Waals surface area contributed by atoms with Crippen LogP contribution in [0.3, 0.4) is 0 Å². The monoisotopic (exact) mass is 208 g/mol. The highest BCUT2D eigenvalue weighted by atomic mass is 16.5. The van der Waals surface area contributed by atoms with Crippen molar-refractivity contribution in [2.24, 2.45) is 0 Å². The van der Waals surface area contributed by atoms with Gasteiger partial charge in [0.15, 0.2) is 0 Å². The van der Waals surface area contributed by atoms with E-state index in [9.17, 15) is 5.11 Å². The molecule has 0 spiro atoms. The average Bonchev–Trinajstić information content (AvgIpc) is 2.23. The average molecular weight is 208 g/mol. The number of benzene rings is 1. The Morgan fingerprint density at radius 3 is 2.33 bits per heavy atom. The van der Waals surface area contributed by atoms with E-state index < -0.39 is 0 Å². The third-order valence-corrected chi connectivity index (χ3v) is 3.05. The van der Waals surface area contributed by atoms with Crippen molar-refractivity contribution >= 4 is 0 Å². The van der Waals surface area contributed by atoms with Crippen molar-refractivity contribution in [3.05, 3.63) is 28.3 Å². The fraction of sp³-hybridized carbons (Fsp3) is 0.538. The minimum atomic E-state index is -0.366. The molecule has 15 heavy (non-hydrogen) atoms. The number of hydrogen-bond donors (Lipinski definition) is 1. The first kappa shape index (κ1) is 12.1. The molecule has 1 unspecified atom stereocenters. The first-order chi connectivity index (χ1) is 7.02. The van der Waals surface area contributed by atoms with Crippen LogP contribution < -0.4 is 4.74 Å². The third kappa shape index (κ3) is 2.15. The number of aliphatic hydroxyl groups is 1. The Morgan fingerprint density at radius 2 is 1.87 bits per heavy atom. The molecule has 2 nitrogen and oxygen atoms in total. The number of aliphatic hydroxyl groups excluding tert-OH is 1. The second-order valence-electron chi connectivity index (χ2n) is 3.98. The van der Waals surface area contributed by atoms with Gasteiger partial charge in [-0.15, -0.1) is 0 Å². The van der Waals surface area contributed by atoms with Crippen LogP contribution in [0.5, 0.6) is 5.75 Å². The lowest BCUT2D eigenvalue weighted by atomic mass is 9.92. The van der Waals surface area contributed by atoms with Gasteiger partial charge in [0.2, 0.25) is 0 Å². The SMILES string of the molecule is CCC(O)c1c(C)cc(OC)c(C)c1C. The number of aryl methyl sites for hydroxylation is 1. The van der Waals surface area contributed by atoms with Gasteiger partial charge in [0.1, 0.15) is 5.75 Å². The fourth-order valence-corrected chi connectivity index (χ4v) is 1.99. The molecule has 1 N–H and O–H groups in total. The van der Waals surface area contributed by atoms with Crippen LogP contribution in [0.1, 0.15) is 41.7 Å². The van der Waals surface area contributed by atoms with Crippen LogP contribution in [0.2, 0.25) is 0 Å². The van der Waals surface area contributed by atoms with Crippen molar-refractivity contribution in [2.75, 3.05) is 7.11 Å². The van der Waals surface area contributed by atoms with Gasteiger partial charge >= 0.3 is 0 Å². The molecular formula is C13H20O2. The summed E-state index contributed by atoms with van der Waals surface area (Å²) in [4.78, 5) is 0. The lowest BCUT2D eigenvalue weighted by molar-refractivity contribution is 0.172. The van der Waals surface area contributed by atoms with Crippen LogP contribution in [0, 0.1) is 20.8 Å². The Labute approximate surface area is 91.9 Å². The topological polar surface area (TPSA) is 29.5 Å². The maximum atomic E-state index is 9.94. The molecule has 1 aromatic carbocycles. The van der Waals surface area contributed by atoms with E-state index in [0.29, 0.717) is 0 Å². The molecule has 0 fully saturated rings. The van der Waals surface area contributed by atoms with Crippen molar-refractivity contribution in [2.45, 2.75) is 40.2 Å². The summed E-state index contributed by atoms with van der Waals surface area (Å²) in [5, 5.41) is 9.94. The van der Waals surface area contributed by atoms with Crippen LogP contribution in [-0.4, -0.2) is 12.2 Å². The lowest BCUT2D eigenvalue weighted by Crippen LogP contribution is -2.04. The fourth-order valence-electron chi connectivity index (χ4n) is 1.99. The molecule has 1 atom stereocenters. The van der Waals surface area contributed by atoms with Gasteiger partial charge in [-0.05, 0) is 55.5 Å². The van der Waals surface area contributed by atoms with E-state index in [2.05, 4.69) is 0 Å². The molecule has 0 saturated carbocycles. The van der Waals surface area contributed by atoms with Crippen molar-refractivity contribution in [1.82, 2.24) is 0 Å². The van der Waals surface area contributed by atoms with Gasteiger partial charge in [-0.25, -0.2) is 0 Å². The lowest BCUT2D eigenvalue weighted by Gasteiger charge is -2.19. The first-order valence-corrected chi connectivity index (χ1v) is 5.35. The number of rotatable bonds is 3. The van der Waals surface area contributed by atoms with Crippen molar-refractivity contribution < 1.29 is 9.84 Å². The predicted molar refractivity (Wildman–Crippen MR) is 62.5 cm³/mol. The van der Waals surface area contributed by atoms with Crippen molar-refractivity contribution in [3.8, 4) is 5.75 Å². The Kier molecular flexibility index (Phi) is 3.75.